The highest BCUT2D eigenvalue weighted by atomic mass is 16.6. The number of benzene rings is 1. The van der Waals surface area contributed by atoms with E-state index in [1.54, 1.807) is 29.2 Å². The second-order valence-corrected chi connectivity index (χ2v) is 5.88. The van der Waals surface area contributed by atoms with Crippen molar-refractivity contribution in [3.63, 3.8) is 0 Å². The maximum atomic E-state index is 12.4. The van der Waals surface area contributed by atoms with Gasteiger partial charge < -0.3 is 14.4 Å². The molecule has 3 rings (SSSR count). The molecule has 26 heavy (non-hydrogen) atoms. The van der Waals surface area contributed by atoms with Crippen LogP contribution in [0.15, 0.2) is 36.4 Å². The number of ether oxygens (including phenoxy) is 2. The molecule has 1 aliphatic rings. The third kappa shape index (κ3) is 4.24. The lowest BCUT2D eigenvalue weighted by Crippen LogP contribution is -2.32. The van der Waals surface area contributed by atoms with Crippen molar-refractivity contribution in [1.82, 2.24) is 15.1 Å². The number of hydrogen-bond donors (Lipinski definition) is 0. The van der Waals surface area contributed by atoms with Crippen molar-refractivity contribution in [2.75, 3.05) is 20.2 Å². The summed E-state index contributed by atoms with van der Waals surface area (Å²) in [5.41, 5.74) is 0.752. The number of amides is 1. The van der Waals surface area contributed by atoms with Gasteiger partial charge >= 0.3 is 0 Å². The Bertz CT molecular complexity index is 779. The van der Waals surface area contributed by atoms with E-state index in [0.29, 0.717) is 31.3 Å². The lowest BCUT2D eigenvalue weighted by atomic mass is 10.1. The Morgan fingerprint density at radius 3 is 2.54 bits per heavy atom. The Morgan fingerprint density at radius 2 is 1.92 bits per heavy atom. The van der Waals surface area contributed by atoms with Crippen LogP contribution in [-0.4, -0.2) is 52.2 Å². The van der Waals surface area contributed by atoms with Crippen LogP contribution in [0.5, 0.6) is 11.8 Å². The smallest absolute Gasteiger partial charge is 0.269 e. The van der Waals surface area contributed by atoms with Crippen LogP contribution in [0, 0.1) is 10.1 Å². The fourth-order valence-electron chi connectivity index (χ4n) is 2.72. The molecule has 1 fully saturated rings. The summed E-state index contributed by atoms with van der Waals surface area (Å²) in [6.07, 6.45) is 0.769. The van der Waals surface area contributed by atoms with Gasteiger partial charge in [0.25, 0.3) is 5.69 Å². The summed E-state index contributed by atoms with van der Waals surface area (Å²) >= 11 is 0. The van der Waals surface area contributed by atoms with Crippen molar-refractivity contribution in [2.24, 2.45) is 0 Å². The average Bonchev–Trinajstić information content (AvgIpc) is 3.11. The van der Waals surface area contributed by atoms with Crippen LogP contribution in [0.4, 0.5) is 5.69 Å². The minimum Gasteiger partial charge on any atom is -0.480 e. The van der Waals surface area contributed by atoms with Crippen LogP contribution >= 0.6 is 0 Å². The van der Waals surface area contributed by atoms with E-state index in [1.165, 1.54) is 19.2 Å². The number of rotatable bonds is 6. The second-order valence-electron chi connectivity index (χ2n) is 5.88. The molecule has 1 aliphatic heterocycles. The Kier molecular flexibility index (Phi) is 5.26. The predicted molar refractivity (Wildman–Crippen MR) is 91.0 cm³/mol. The monoisotopic (exact) mass is 358 g/mol. The van der Waals surface area contributed by atoms with Crippen molar-refractivity contribution in [3.8, 4) is 11.8 Å². The molecular formula is C17H18N4O5. The minimum atomic E-state index is -0.462. The third-order valence-corrected chi connectivity index (χ3v) is 4.11. The number of nitrogens with zero attached hydrogens (tertiary/aromatic N) is 4. The van der Waals surface area contributed by atoms with Crippen molar-refractivity contribution in [3.05, 3.63) is 52.1 Å². The zero-order chi connectivity index (χ0) is 18.5. The molecule has 0 saturated carbocycles. The van der Waals surface area contributed by atoms with E-state index in [4.69, 9.17) is 9.47 Å². The third-order valence-electron chi connectivity index (χ3n) is 4.11. The molecule has 2 heterocycles. The summed E-state index contributed by atoms with van der Waals surface area (Å²) in [6, 6.07) is 9.35. The van der Waals surface area contributed by atoms with E-state index >= 15 is 0 Å². The van der Waals surface area contributed by atoms with Gasteiger partial charge in [-0.3, -0.25) is 14.9 Å². The number of carbonyl (C=O) groups is 1. The number of aromatic nitrogens is 2. The molecule has 1 atom stereocenters. The first-order valence-electron chi connectivity index (χ1n) is 8.10. The zero-order valence-corrected chi connectivity index (χ0v) is 14.2. The molecule has 9 heteroatoms. The van der Waals surface area contributed by atoms with Gasteiger partial charge in [0, 0.05) is 37.2 Å². The molecule has 1 saturated heterocycles. The highest BCUT2D eigenvalue weighted by Crippen LogP contribution is 2.19. The van der Waals surface area contributed by atoms with Gasteiger partial charge in [0.2, 0.25) is 17.7 Å². The number of nitro groups is 1. The van der Waals surface area contributed by atoms with E-state index in [0.717, 1.165) is 5.56 Å². The molecule has 1 amide bonds. The van der Waals surface area contributed by atoms with Crippen LogP contribution in [-0.2, 0) is 11.2 Å². The van der Waals surface area contributed by atoms with E-state index in [9.17, 15) is 14.9 Å². The molecule has 136 valence electrons. The fourth-order valence-corrected chi connectivity index (χ4v) is 2.72. The van der Waals surface area contributed by atoms with Gasteiger partial charge in [0.05, 0.1) is 25.0 Å². The predicted octanol–water partition coefficient (Wildman–Crippen LogP) is 1.62. The summed E-state index contributed by atoms with van der Waals surface area (Å²) in [4.78, 5) is 24.3. The summed E-state index contributed by atoms with van der Waals surface area (Å²) < 4.78 is 10.7. The van der Waals surface area contributed by atoms with Crippen LogP contribution in [0.1, 0.15) is 12.0 Å². The van der Waals surface area contributed by atoms with E-state index in [-0.39, 0.29) is 24.1 Å². The first-order valence-corrected chi connectivity index (χ1v) is 8.10. The Labute approximate surface area is 149 Å². The molecule has 2 aromatic rings. The first kappa shape index (κ1) is 17.6. The van der Waals surface area contributed by atoms with Gasteiger partial charge in [-0.1, -0.05) is 12.1 Å². The fraction of sp³-hybridized carbons (Fsp3) is 0.353. The molecule has 1 aromatic heterocycles. The van der Waals surface area contributed by atoms with Gasteiger partial charge in [-0.25, -0.2) is 0 Å². The SMILES string of the molecule is COc1ccc(OC2CCN(C(=O)Cc3ccc([N+](=O)[O-])cc3)C2)nn1. The summed E-state index contributed by atoms with van der Waals surface area (Å²) in [5, 5.41) is 18.4. The molecule has 1 aromatic carbocycles. The van der Waals surface area contributed by atoms with E-state index < -0.39 is 4.92 Å². The van der Waals surface area contributed by atoms with Crippen LogP contribution in [0.25, 0.3) is 0 Å². The number of hydrogen-bond acceptors (Lipinski definition) is 7. The molecule has 0 aliphatic carbocycles. The zero-order valence-electron chi connectivity index (χ0n) is 14.2. The number of methoxy groups -OCH3 is 1. The molecule has 0 N–H and O–H groups in total. The van der Waals surface area contributed by atoms with E-state index in [1.807, 2.05) is 0 Å². The largest absolute Gasteiger partial charge is 0.480 e. The Morgan fingerprint density at radius 1 is 1.23 bits per heavy atom. The first-order chi connectivity index (χ1) is 12.5. The Hall–Kier alpha value is -3.23. The molecule has 0 bridgehead atoms. The maximum absolute atomic E-state index is 12.4. The van der Waals surface area contributed by atoms with Crippen LogP contribution in [0.3, 0.4) is 0 Å². The number of carbonyl (C=O) groups excluding carboxylic acids is 1. The lowest BCUT2D eigenvalue weighted by Gasteiger charge is -2.17. The van der Waals surface area contributed by atoms with Crippen LogP contribution in [0.2, 0.25) is 0 Å². The van der Waals surface area contributed by atoms with Gasteiger partial charge in [0.15, 0.2) is 0 Å². The number of non-ortho nitro benzene ring substituents is 1. The quantitative estimate of drug-likeness (QED) is 0.570. The topological polar surface area (TPSA) is 108 Å². The van der Waals surface area contributed by atoms with Crippen molar-refractivity contribution >= 4 is 11.6 Å². The standard InChI is InChI=1S/C17H18N4O5/c1-25-15-6-7-16(19-18-15)26-14-8-9-20(11-14)17(22)10-12-2-4-13(5-3-12)21(23)24/h2-7,14H,8-11H2,1H3. The maximum Gasteiger partial charge on any atom is 0.269 e. The summed E-state index contributed by atoms with van der Waals surface area (Å²) in [6.45, 7) is 1.07. The number of nitro benzene ring substituents is 1. The van der Waals surface area contributed by atoms with Crippen molar-refractivity contribution in [1.29, 1.82) is 0 Å². The minimum absolute atomic E-state index is 0.0106. The molecule has 0 spiro atoms. The highest BCUT2D eigenvalue weighted by Gasteiger charge is 2.28. The normalized spacial score (nSPS) is 16.3. The van der Waals surface area contributed by atoms with E-state index in [2.05, 4.69) is 10.2 Å². The van der Waals surface area contributed by atoms with Crippen LogP contribution < -0.4 is 9.47 Å². The van der Waals surface area contributed by atoms with Crippen molar-refractivity contribution in [2.45, 2.75) is 18.9 Å². The van der Waals surface area contributed by atoms with Crippen molar-refractivity contribution < 1.29 is 19.2 Å². The number of likely N-dealkylation sites (tertiary alicyclic amines) is 1. The van der Waals surface area contributed by atoms with Gasteiger partial charge in [-0.2, -0.15) is 0 Å². The molecule has 9 nitrogen and oxygen atoms in total. The summed E-state index contributed by atoms with van der Waals surface area (Å²) in [5.74, 6) is 0.759. The summed E-state index contributed by atoms with van der Waals surface area (Å²) in [7, 11) is 1.51. The molecular weight excluding hydrogens is 340 g/mol. The van der Waals surface area contributed by atoms with Gasteiger partial charge in [-0.05, 0) is 5.56 Å². The average molecular weight is 358 g/mol. The van der Waals surface area contributed by atoms with Gasteiger partial charge in [0.1, 0.15) is 6.10 Å². The highest BCUT2D eigenvalue weighted by molar-refractivity contribution is 5.79. The molecule has 1 unspecified atom stereocenters. The lowest BCUT2D eigenvalue weighted by molar-refractivity contribution is -0.384. The van der Waals surface area contributed by atoms with Gasteiger partial charge in [-0.15, -0.1) is 10.2 Å². The Balaban J connectivity index is 1.52. The second kappa shape index (κ2) is 7.77. The molecule has 0 radical (unpaired) electrons.